The molecule has 0 saturated carbocycles. The van der Waals surface area contributed by atoms with Crippen molar-refractivity contribution in [1.29, 1.82) is 0 Å². The maximum Gasteiger partial charge on any atom is 0.336 e. The van der Waals surface area contributed by atoms with Gasteiger partial charge < -0.3 is 14.4 Å². The summed E-state index contributed by atoms with van der Waals surface area (Å²) in [6.07, 6.45) is 0. The molecule has 0 amide bonds. The standard InChI is InChI=1S/C17H14N2O5S/c1-24-10-5-6-12-14(9-10)25(23)13-4-2-3-11-15(13)19(12)17(22)18(7-8-20)16(11)21/h2-6,9,20H,7-8H2,1H3. The molecule has 0 spiro atoms. The number of aliphatic hydroxyl groups excluding tert-OH is 1. The summed E-state index contributed by atoms with van der Waals surface area (Å²) in [6, 6.07) is 9.82. The highest BCUT2D eigenvalue weighted by Crippen LogP contribution is 2.37. The highest BCUT2D eigenvalue weighted by Gasteiger charge is 2.33. The molecule has 1 aliphatic heterocycles. The van der Waals surface area contributed by atoms with E-state index in [1.807, 2.05) is 0 Å². The molecule has 0 radical (unpaired) electrons. The zero-order chi connectivity index (χ0) is 17.7. The van der Waals surface area contributed by atoms with Crippen LogP contribution in [-0.2, 0) is 17.7 Å². The SMILES string of the molecule is COc1ccc2c(c1)[S+]([O-])c1cccc3c(=O)n(CCO)c(=O)n-2c13. The lowest BCUT2D eigenvalue weighted by Gasteiger charge is -2.24. The van der Waals surface area contributed by atoms with Gasteiger partial charge in [-0.2, -0.15) is 0 Å². The summed E-state index contributed by atoms with van der Waals surface area (Å²) in [4.78, 5) is 26.4. The van der Waals surface area contributed by atoms with Gasteiger partial charge in [0, 0.05) is 17.2 Å². The van der Waals surface area contributed by atoms with Crippen molar-refractivity contribution in [3.63, 3.8) is 0 Å². The molecule has 8 heteroatoms. The van der Waals surface area contributed by atoms with Crippen LogP contribution in [0.15, 0.2) is 55.8 Å². The Hall–Kier alpha value is -2.55. The number of rotatable bonds is 3. The van der Waals surface area contributed by atoms with E-state index in [9.17, 15) is 19.2 Å². The molecule has 1 atom stereocenters. The average molecular weight is 358 g/mol. The molecular weight excluding hydrogens is 344 g/mol. The lowest BCUT2D eigenvalue weighted by Crippen LogP contribution is -2.42. The Balaban J connectivity index is 2.21. The monoisotopic (exact) mass is 358 g/mol. The van der Waals surface area contributed by atoms with Gasteiger partial charge in [0.2, 0.25) is 0 Å². The molecule has 1 aromatic heterocycles. The number of benzene rings is 2. The van der Waals surface area contributed by atoms with Crippen molar-refractivity contribution in [1.82, 2.24) is 9.13 Å². The average Bonchev–Trinajstić information content (AvgIpc) is 2.64. The van der Waals surface area contributed by atoms with Crippen LogP contribution in [0.2, 0.25) is 0 Å². The van der Waals surface area contributed by atoms with Crippen molar-refractivity contribution >= 4 is 22.1 Å². The number of aliphatic hydroxyl groups is 1. The van der Waals surface area contributed by atoms with Gasteiger partial charge in [-0.15, -0.1) is 0 Å². The van der Waals surface area contributed by atoms with Crippen LogP contribution >= 0.6 is 0 Å². The van der Waals surface area contributed by atoms with Gasteiger partial charge in [-0.05, 0) is 24.3 Å². The number of nitrogens with zero attached hydrogens (tertiary/aromatic N) is 2. The number of aromatic nitrogens is 2. The van der Waals surface area contributed by atoms with Crippen molar-refractivity contribution < 1.29 is 14.4 Å². The molecule has 2 aromatic carbocycles. The molecule has 0 aliphatic carbocycles. The lowest BCUT2D eigenvalue weighted by molar-refractivity contribution is 0.271. The number of methoxy groups -OCH3 is 1. The zero-order valence-corrected chi connectivity index (χ0v) is 14.1. The summed E-state index contributed by atoms with van der Waals surface area (Å²) in [7, 11) is 1.51. The Morgan fingerprint density at radius 1 is 1.20 bits per heavy atom. The molecule has 2 heterocycles. The fourth-order valence-corrected chi connectivity index (χ4v) is 4.51. The third-order valence-corrected chi connectivity index (χ3v) is 5.71. The largest absolute Gasteiger partial charge is 0.606 e. The summed E-state index contributed by atoms with van der Waals surface area (Å²) in [6.45, 7) is -0.436. The van der Waals surface area contributed by atoms with E-state index in [-0.39, 0.29) is 13.2 Å². The van der Waals surface area contributed by atoms with Gasteiger partial charge in [-0.25, -0.2) is 4.79 Å². The summed E-state index contributed by atoms with van der Waals surface area (Å²) < 4.78 is 20.6. The van der Waals surface area contributed by atoms with Crippen LogP contribution in [0.3, 0.4) is 0 Å². The van der Waals surface area contributed by atoms with Crippen LogP contribution in [0.4, 0.5) is 0 Å². The van der Waals surface area contributed by atoms with E-state index in [1.165, 1.54) is 11.7 Å². The molecule has 4 rings (SSSR count). The number of fused-ring (bicyclic) bond motifs is 2. The number of hydrogen-bond acceptors (Lipinski definition) is 5. The first kappa shape index (κ1) is 15.9. The Bertz CT molecular complexity index is 1120. The third kappa shape index (κ3) is 2.15. The minimum Gasteiger partial charge on any atom is -0.606 e. The van der Waals surface area contributed by atoms with Crippen LogP contribution < -0.4 is 16.0 Å². The molecule has 0 fully saturated rings. The molecule has 1 N–H and O–H groups in total. The van der Waals surface area contributed by atoms with E-state index >= 15 is 0 Å². The normalized spacial score (nSPS) is 15.2. The van der Waals surface area contributed by atoms with Gasteiger partial charge >= 0.3 is 5.69 Å². The second-order valence-corrected chi connectivity index (χ2v) is 6.97. The zero-order valence-electron chi connectivity index (χ0n) is 13.3. The van der Waals surface area contributed by atoms with E-state index in [0.29, 0.717) is 32.1 Å². The van der Waals surface area contributed by atoms with Crippen LogP contribution in [0.25, 0.3) is 16.6 Å². The molecule has 0 bridgehead atoms. The third-order valence-electron chi connectivity index (χ3n) is 4.25. The molecule has 1 aliphatic rings. The quantitative estimate of drug-likeness (QED) is 0.693. The first-order chi connectivity index (χ1) is 12.1. The lowest BCUT2D eigenvalue weighted by atomic mass is 10.2. The fraction of sp³-hybridized carbons (Fsp3) is 0.176. The van der Waals surface area contributed by atoms with E-state index in [4.69, 9.17) is 4.74 Å². The van der Waals surface area contributed by atoms with Crippen LogP contribution in [0.5, 0.6) is 5.75 Å². The summed E-state index contributed by atoms with van der Waals surface area (Å²) >= 11 is -1.54. The van der Waals surface area contributed by atoms with Crippen LogP contribution in [0.1, 0.15) is 0 Å². The Morgan fingerprint density at radius 3 is 2.72 bits per heavy atom. The van der Waals surface area contributed by atoms with Gasteiger partial charge in [0.15, 0.2) is 9.79 Å². The van der Waals surface area contributed by atoms with Crippen molar-refractivity contribution in [3.05, 3.63) is 57.2 Å². The van der Waals surface area contributed by atoms with Gasteiger partial charge in [-0.1, -0.05) is 6.07 Å². The smallest absolute Gasteiger partial charge is 0.336 e. The molecule has 25 heavy (non-hydrogen) atoms. The second-order valence-electron chi connectivity index (χ2n) is 5.55. The van der Waals surface area contributed by atoms with Crippen molar-refractivity contribution in [2.45, 2.75) is 16.3 Å². The molecule has 3 aromatic rings. The predicted molar refractivity (Wildman–Crippen MR) is 92.1 cm³/mol. The molecular formula is C17H14N2O5S. The number of para-hydroxylation sites is 1. The number of hydrogen-bond donors (Lipinski definition) is 1. The Labute approximate surface area is 144 Å². The summed E-state index contributed by atoms with van der Waals surface area (Å²) in [5.41, 5.74) is -0.273. The van der Waals surface area contributed by atoms with E-state index in [0.717, 1.165) is 4.57 Å². The van der Waals surface area contributed by atoms with Gasteiger partial charge in [0.05, 0.1) is 25.6 Å². The minimum absolute atomic E-state index is 0.105. The Morgan fingerprint density at radius 2 is 2.00 bits per heavy atom. The molecule has 1 unspecified atom stereocenters. The highest BCUT2D eigenvalue weighted by molar-refractivity contribution is 7.92. The maximum atomic E-state index is 13.0. The van der Waals surface area contributed by atoms with E-state index in [2.05, 4.69) is 0 Å². The van der Waals surface area contributed by atoms with Crippen LogP contribution in [0, 0.1) is 0 Å². The minimum atomic E-state index is -1.54. The second kappa shape index (κ2) is 5.76. The predicted octanol–water partition coefficient (Wildman–Crippen LogP) is 0.633. The summed E-state index contributed by atoms with van der Waals surface area (Å²) in [5, 5.41) is 9.50. The van der Waals surface area contributed by atoms with Gasteiger partial charge in [0.25, 0.3) is 5.56 Å². The molecule has 128 valence electrons. The van der Waals surface area contributed by atoms with E-state index in [1.54, 1.807) is 36.4 Å². The Kier molecular flexibility index (Phi) is 3.68. The highest BCUT2D eigenvalue weighted by atomic mass is 32.2. The van der Waals surface area contributed by atoms with Crippen molar-refractivity contribution in [3.8, 4) is 11.4 Å². The summed E-state index contributed by atoms with van der Waals surface area (Å²) in [5.74, 6) is 0.527. The first-order valence-corrected chi connectivity index (χ1v) is 8.73. The van der Waals surface area contributed by atoms with Gasteiger partial charge in [-0.3, -0.25) is 13.9 Å². The van der Waals surface area contributed by atoms with Crippen molar-refractivity contribution in [2.75, 3.05) is 13.7 Å². The first-order valence-electron chi connectivity index (χ1n) is 7.58. The van der Waals surface area contributed by atoms with Crippen LogP contribution in [-0.4, -0.2) is 32.5 Å². The van der Waals surface area contributed by atoms with Gasteiger partial charge in [0.1, 0.15) is 17.0 Å². The fourth-order valence-electron chi connectivity index (χ4n) is 3.12. The van der Waals surface area contributed by atoms with Crippen molar-refractivity contribution in [2.24, 2.45) is 0 Å². The number of ether oxygens (including phenoxy) is 1. The molecule has 0 saturated heterocycles. The van der Waals surface area contributed by atoms with E-state index < -0.39 is 22.4 Å². The molecule has 7 nitrogen and oxygen atoms in total. The topological polar surface area (TPSA) is 96.5 Å². The maximum absolute atomic E-state index is 13.0.